The summed E-state index contributed by atoms with van der Waals surface area (Å²) in [5.41, 5.74) is 4.12. The van der Waals surface area contributed by atoms with Gasteiger partial charge in [-0.3, -0.25) is 4.79 Å². The third-order valence-electron chi connectivity index (χ3n) is 4.53. The zero-order chi connectivity index (χ0) is 22.5. The second-order valence-electron chi connectivity index (χ2n) is 6.85. The molecule has 1 N–H and O–H groups in total. The van der Waals surface area contributed by atoms with Gasteiger partial charge in [0, 0.05) is 16.5 Å². The van der Waals surface area contributed by atoms with Crippen LogP contribution in [0.3, 0.4) is 0 Å². The van der Waals surface area contributed by atoms with Crippen LogP contribution in [0.2, 0.25) is 0 Å². The van der Waals surface area contributed by atoms with Gasteiger partial charge in [-0.25, -0.2) is 14.4 Å². The number of nitriles is 1. The van der Waals surface area contributed by atoms with Gasteiger partial charge in [0.05, 0.1) is 22.7 Å². The van der Waals surface area contributed by atoms with E-state index in [0.29, 0.717) is 27.0 Å². The van der Waals surface area contributed by atoms with Crippen molar-refractivity contribution in [2.45, 2.75) is 11.9 Å². The molecule has 0 bridgehead atoms. The molecule has 0 fully saturated rings. The van der Waals surface area contributed by atoms with Gasteiger partial charge >= 0.3 is 0 Å². The van der Waals surface area contributed by atoms with Gasteiger partial charge in [-0.15, -0.1) is 11.3 Å². The Morgan fingerprint density at radius 3 is 2.53 bits per heavy atom. The quantitative estimate of drug-likeness (QED) is 0.361. The van der Waals surface area contributed by atoms with Gasteiger partial charge in [-0.2, -0.15) is 5.26 Å². The number of amides is 1. The molecule has 0 aliphatic heterocycles. The highest BCUT2D eigenvalue weighted by Crippen LogP contribution is 2.34. The Kier molecular flexibility index (Phi) is 6.59. The number of nitrogens with zero attached hydrogens (tertiary/aromatic N) is 3. The molecule has 2 heterocycles. The first-order valence-electron chi connectivity index (χ1n) is 9.65. The number of carbonyl (C=O) groups is 1. The van der Waals surface area contributed by atoms with Crippen molar-refractivity contribution in [3.8, 4) is 28.5 Å². The van der Waals surface area contributed by atoms with Gasteiger partial charge < -0.3 is 5.32 Å². The van der Waals surface area contributed by atoms with Gasteiger partial charge in [-0.05, 0) is 42.8 Å². The molecule has 5 nitrogen and oxygen atoms in total. The summed E-state index contributed by atoms with van der Waals surface area (Å²) >= 11 is 2.54. The van der Waals surface area contributed by atoms with E-state index in [0.717, 1.165) is 16.8 Å². The van der Waals surface area contributed by atoms with Crippen LogP contribution in [-0.2, 0) is 4.79 Å². The maximum atomic E-state index is 13.4. The van der Waals surface area contributed by atoms with E-state index in [-0.39, 0.29) is 17.5 Å². The fourth-order valence-corrected chi connectivity index (χ4v) is 4.56. The number of aryl methyl sites for hydroxylation is 1. The van der Waals surface area contributed by atoms with Gasteiger partial charge in [-0.1, -0.05) is 42.1 Å². The fraction of sp³-hybridized carbons (Fsp3) is 0.0833. The maximum Gasteiger partial charge on any atom is 0.236 e. The molecular formula is C24H17FN4OS2. The van der Waals surface area contributed by atoms with Crippen LogP contribution >= 0.6 is 23.1 Å². The molecule has 0 spiro atoms. The molecule has 32 heavy (non-hydrogen) atoms. The first-order valence-corrected chi connectivity index (χ1v) is 11.5. The van der Waals surface area contributed by atoms with Crippen LogP contribution in [0.25, 0.3) is 22.4 Å². The number of anilines is 1. The fourth-order valence-electron chi connectivity index (χ4n) is 3.05. The molecule has 0 aliphatic carbocycles. The summed E-state index contributed by atoms with van der Waals surface area (Å²) in [6.07, 6.45) is 0. The molecule has 4 aromatic rings. The molecule has 2 aromatic heterocycles. The third kappa shape index (κ3) is 5.02. The van der Waals surface area contributed by atoms with Crippen LogP contribution in [0.15, 0.2) is 71.1 Å². The van der Waals surface area contributed by atoms with Crippen molar-refractivity contribution in [1.82, 2.24) is 9.97 Å². The van der Waals surface area contributed by atoms with E-state index in [1.807, 2.05) is 48.7 Å². The lowest BCUT2D eigenvalue weighted by Crippen LogP contribution is -2.14. The number of hydrogen-bond donors (Lipinski definition) is 1. The van der Waals surface area contributed by atoms with E-state index >= 15 is 0 Å². The number of nitrogens with one attached hydrogen (secondary N) is 1. The van der Waals surface area contributed by atoms with E-state index in [2.05, 4.69) is 21.4 Å². The zero-order valence-corrected chi connectivity index (χ0v) is 18.6. The Labute approximate surface area is 193 Å². The number of rotatable bonds is 6. The SMILES string of the molecule is Cc1csc(NC(=O)CSc2nc(-c3ccc(F)cc3)cc(-c3ccccc3)c2C#N)n1. The molecule has 0 aliphatic rings. The van der Waals surface area contributed by atoms with Crippen LogP contribution in [0.5, 0.6) is 0 Å². The zero-order valence-electron chi connectivity index (χ0n) is 17.0. The van der Waals surface area contributed by atoms with Crippen molar-refractivity contribution in [1.29, 1.82) is 5.26 Å². The predicted molar refractivity (Wildman–Crippen MR) is 126 cm³/mol. The number of thiazole rings is 1. The number of hydrogen-bond acceptors (Lipinski definition) is 6. The van der Waals surface area contributed by atoms with Gasteiger partial charge in [0.25, 0.3) is 0 Å². The normalized spacial score (nSPS) is 10.5. The number of benzene rings is 2. The molecule has 1 amide bonds. The number of thioether (sulfide) groups is 1. The van der Waals surface area contributed by atoms with Crippen molar-refractivity contribution < 1.29 is 9.18 Å². The first kappa shape index (κ1) is 21.7. The first-order chi connectivity index (χ1) is 15.5. The summed E-state index contributed by atoms with van der Waals surface area (Å²) in [6, 6.07) is 19.6. The molecule has 0 radical (unpaired) electrons. The standard InChI is InChI=1S/C24H17FN4OS2/c1-15-13-32-24(27-15)29-22(30)14-31-23-20(12-26)19(16-5-3-2-4-6-16)11-21(28-23)17-7-9-18(25)10-8-17/h2-11,13H,14H2,1H3,(H,27,29,30). The molecule has 8 heteroatoms. The highest BCUT2D eigenvalue weighted by atomic mass is 32.2. The molecule has 4 rings (SSSR count). The molecular weight excluding hydrogens is 443 g/mol. The van der Waals surface area contributed by atoms with Gasteiger partial charge in [0.1, 0.15) is 16.9 Å². The minimum atomic E-state index is -0.339. The van der Waals surface area contributed by atoms with Crippen LogP contribution in [0.4, 0.5) is 9.52 Å². The van der Waals surface area contributed by atoms with E-state index < -0.39 is 0 Å². The smallest absolute Gasteiger partial charge is 0.236 e. The minimum Gasteiger partial charge on any atom is -0.301 e. The topological polar surface area (TPSA) is 78.7 Å². The van der Waals surface area contributed by atoms with Gasteiger partial charge in [0.2, 0.25) is 5.91 Å². The summed E-state index contributed by atoms with van der Waals surface area (Å²) in [4.78, 5) is 21.3. The average Bonchev–Trinajstić information content (AvgIpc) is 3.22. The van der Waals surface area contributed by atoms with Crippen LogP contribution < -0.4 is 5.32 Å². The van der Waals surface area contributed by atoms with E-state index in [1.54, 1.807) is 12.1 Å². The highest BCUT2D eigenvalue weighted by molar-refractivity contribution is 8.00. The van der Waals surface area contributed by atoms with Crippen molar-refractivity contribution in [3.63, 3.8) is 0 Å². The van der Waals surface area contributed by atoms with Crippen LogP contribution in [-0.4, -0.2) is 21.6 Å². The maximum absolute atomic E-state index is 13.4. The summed E-state index contributed by atoms with van der Waals surface area (Å²) in [7, 11) is 0. The van der Waals surface area contributed by atoms with Crippen molar-refractivity contribution in [3.05, 3.63) is 83.1 Å². The minimum absolute atomic E-state index is 0.0708. The summed E-state index contributed by atoms with van der Waals surface area (Å²) < 4.78 is 13.4. The number of carbonyl (C=O) groups excluding carboxylic acids is 1. The molecule has 0 unspecified atom stereocenters. The third-order valence-corrected chi connectivity index (χ3v) is 6.38. The monoisotopic (exact) mass is 460 g/mol. The lowest BCUT2D eigenvalue weighted by molar-refractivity contribution is -0.113. The lowest BCUT2D eigenvalue weighted by atomic mass is 9.99. The molecule has 0 atom stereocenters. The molecule has 0 saturated heterocycles. The number of halogens is 1. The number of pyridine rings is 1. The van der Waals surface area contributed by atoms with Crippen molar-refractivity contribution >= 4 is 34.1 Å². The molecule has 158 valence electrons. The Morgan fingerprint density at radius 2 is 1.88 bits per heavy atom. The lowest BCUT2D eigenvalue weighted by Gasteiger charge is -2.12. The summed E-state index contributed by atoms with van der Waals surface area (Å²) in [6.45, 7) is 1.86. The van der Waals surface area contributed by atoms with Crippen LogP contribution in [0.1, 0.15) is 11.3 Å². The van der Waals surface area contributed by atoms with E-state index in [9.17, 15) is 14.4 Å². The largest absolute Gasteiger partial charge is 0.301 e. The van der Waals surface area contributed by atoms with E-state index in [4.69, 9.17) is 0 Å². The van der Waals surface area contributed by atoms with E-state index in [1.165, 1.54) is 35.2 Å². The molecule has 0 saturated carbocycles. The average molecular weight is 461 g/mol. The Bertz CT molecular complexity index is 1300. The Morgan fingerprint density at radius 1 is 1.12 bits per heavy atom. The highest BCUT2D eigenvalue weighted by Gasteiger charge is 2.17. The predicted octanol–water partition coefficient (Wildman–Crippen LogP) is 5.92. The number of aromatic nitrogens is 2. The molecule has 2 aromatic carbocycles. The Balaban J connectivity index is 1.69. The van der Waals surface area contributed by atoms with Crippen molar-refractivity contribution in [2.24, 2.45) is 0 Å². The Hall–Kier alpha value is -3.54. The van der Waals surface area contributed by atoms with Crippen LogP contribution in [0, 0.1) is 24.1 Å². The second kappa shape index (κ2) is 9.73. The summed E-state index contributed by atoms with van der Waals surface area (Å²) in [5, 5.41) is 15.5. The van der Waals surface area contributed by atoms with Crippen molar-refractivity contribution in [2.75, 3.05) is 11.1 Å². The second-order valence-corrected chi connectivity index (χ2v) is 8.67. The van der Waals surface area contributed by atoms with Gasteiger partial charge in [0.15, 0.2) is 5.13 Å². The summed E-state index contributed by atoms with van der Waals surface area (Å²) in [5.74, 6) is -0.501.